The van der Waals surface area contributed by atoms with Gasteiger partial charge in [0.1, 0.15) is 5.75 Å². The second kappa shape index (κ2) is 7.06. The Labute approximate surface area is 156 Å². The van der Waals surface area contributed by atoms with Crippen LogP contribution in [0.2, 0.25) is 0 Å². The standard InChI is InChI=1S/C19H20N4O4/c1-11-8-14-9-17(20)18(27-3)10-16(14)19(21-22(11)12(2)24)13-4-6-15(7-5-13)23(25)26/h4-7,9-11H,8,20H2,1-3H3. The molecule has 0 saturated heterocycles. The first-order valence-electron chi connectivity index (χ1n) is 8.41. The van der Waals surface area contributed by atoms with Gasteiger partial charge in [0, 0.05) is 30.2 Å². The largest absolute Gasteiger partial charge is 0.495 e. The molecule has 0 radical (unpaired) electrons. The summed E-state index contributed by atoms with van der Waals surface area (Å²) in [6, 6.07) is 9.54. The number of non-ortho nitro benzene ring substituents is 1. The maximum absolute atomic E-state index is 12.1. The van der Waals surface area contributed by atoms with Crippen molar-refractivity contribution < 1.29 is 14.5 Å². The second-order valence-corrected chi connectivity index (χ2v) is 6.42. The molecule has 0 fully saturated rings. The molecule has 0 spiro atoms. The van der Waals surface area contributed by atoms with Crippen LogP contribution in [0.1, 0.15) is 30.5 Å². The number of carbonyl (C=O) groups excluding carboxylic acids is 1. The number of nitrogens with two attached hydrogens (primary N) is 1. The van der Waals surface area contributed by atoms with E-state index in [-0.39, 0.29) is 17.6 Å². The van der Waals surface area contributed by atoms with Crippen LogP contribution in [0.25, 0.3) is 0 Å². The Bertz CT molecular complexity index is 937. The predicted molar refractivity (Wildman–Crippen MR) is 102 cm³/mol. The highest BCUT2D eigenvalue weighted by Crippen LogP contribution is 2.31. The molecule has 1 heterocycles. The van der Waals surface area contributed by atoms with E-state index in [0.29, 0.717) is 29.1 Å². The number of hydrogen-bond acceptors (Lipinski definition) is 6. The number of methoxy groups -OCH3 is 1. The van der Waals surface area contributed by atoms with Crippen LogP contribution < -0.4 is 10.5 Å². The molecule has 140 valence electrons. The van der Waals surface area contributed by atoms with Crippen LogP contribution in [-0.2, 0) is 11.2 Å². The fourth-order valence-corrected chi connectivity index (χ4v) is 3.21. The lowest BCUT2D eigenvalue weighted by Crippen LogP contribution is -2.33. The maximum atomic E-state index is 12.1. The van der Waals surface area contributed by atoms with E-state index in [1.165, 1.54) is 31.2 Å². The van der Waals surface area contributed by atoms with Crippen LogP contribution in [-0.4, -0.2) is 34.7 Å². The van der Waals surface area contributed by atoms with Crippen molar-refractivity contribution in [2.24, 2.45) is 5.10 Å². The Morgan fingerprint density at radius 1 is 1.33 bits per heavy atom. The van der Waals surface area contributed by atoms with Crippen molar-refractivity contribution in [3.05, 3.63) is 63.2 Å². The highest BCUT2D eigenvalue weighted by Gasteiger charge is 2.26. The Hall–Kier alpha value is -3.42. The van der Waals surface area contributed by atoms with Gasteiger partial charge in [-0.15, -0.1) is 0 Å². The van der Waals surface area contributed by atoms with Gasteiger partial charge in [-0.25, -0.2) is 5.01 Å². The van der Waals surface area contributed by atoms with Gasteiger partial charge in [0.25, 0.3) is 5.69 Å². The molecular formula is C19H20N4O4. The van der Waals surface area contributed by atoms with Gasteiger partial charge in [-0.2, -0.15) is 5.10 Å². The number of rotatable bonds is 3. The molecule has 1 amide bonds. The second-order valence-electron chi connectivity index (χ2n) is 6.42. The molecule has 0 bridgehead atoms. The molecule has 27 heavy (non-hydrogen) atoms. The summed E-state index contributed by atoms with van der Waals surface area (Å²) >= 11 is 0. The van der Waals surface area contributed by atoms with Gasteiger partial charge < -0.3 is 10.5 Å². The first-order chi connectivity index (χ1) is 12.8. The Kier molecular flexibility index (Phi) is 4.81. The maximum Gasteiger partial charge on any atom is 0.269 e. The number of nitrogen functional groups attached to an aromatic ring is 1. The van der Waals surface area contributed by atoms with Crippen molar-refractivity contribution in [1.82, 2.24) is 5.01 Å². The zero-order valence-corrected chi connectivity index (χ0v) is 15.3. The van der Waals surface area contributed by atoms with E-state index in [0.717, 1.165) is 11.1 Å². The van der Waals surface area contributed by atoms with Crippen LogP contribution in [0.4, 0.5) is 11.4 Å². The molecule has 8 nitrogen and oxygen atoms in total. The van der Waals surface area contributed by atoms with E-state index < -0.39 is 4.92 Å². The van der Waals surface area contributed by atoms with Crippen molar-refractivity contribution in [2.45, 2.75) is 26.3 Å². The van der Waals surface area contributed by atoms with Crippen molar-refractivity contribution in [2.75, 3.05) is 12.8 Å². The predicted octanol–water partition coefficient (Wildman–Crippen LogP) is 2.73. The molecule has 1 aliphatic rings. The number of nitrogens with zero attached hydrogens (tertiary/aromatic N) is 3. The summed E-state index contributed by atoms with van der Waals surface area (Å²) in [6.45, 7) is 3.37. The average Bonchev–Trinajstić information content (AvgIpc) is 2.76. The van der Waals surface area contributed by atoms with Crippen molar-refractivity contribution in [1.29, 1.82) is 0 Å². The zero-order chi connectivity index (χ0) is 19.7. The number of ether oxygens (including phenoxy) is 1. The number of fused-ring (bicyclic) bond motifs is 1. The molecule has 2 aromatic carbocycles. The number of nitro benzene ring substituents is 1. The lowest BCUT2D eigenvalue weighted by atomic mass is 9.93. The fourth-order valence-electron chi connectivity index (χ4n) is 3.21. The number of anilines is 1. The van der Waals surface area contributed by atoms with Crippen molar-refractivity contribution in [3.8, 4) is 5.75 Å². The number of carbonyl (C=O) groups is 1. The Balaban J connectivity index is 2.22. The van der Waals surface area contributed by atoms with Crippen LogP contribution in [0.5, 0.6) is 5.75 Å². The summed E-state index contributed by atoms with van der Waals surface area (Å²) in [6.07, 6.45) is 0.573. The van der Waals surface area contributed by atoms with Crippen LogP contribution in [0, 0.1) is 10.1 Å². The zero-order valence-electron chi connectivity index (χ0n) is 15.3. The smallest absolute Gasteiger partial charge is 0.269 e. The van der Waals surface area contributed by atoms with E-state index in [4.69, 9.17) is 10.5 Å². The SMILES string of the molecule is COc1cc2c(cc1N)CC(C)N(C(C)=O)N=C2c1ccc([N+](=O)[O-])cc1. The number of hydrogen-bond donors (Lipinski definition) is 1. The summed E-state index contributed by atoms with van der Waals surface area (Å²) in [5.41, 5.74) is 9.47. The average molecular weight is 368 g/mol. The monoisotopic (exact) mass is 368 g/mol. The molecule has 0 aromatic heterocycles. The van der Waals surface area contributed by atoms with Crippen LogP contribution in [0.3, 0.4) is 0 Å². The lowest BCUT2D eigenvalue weighted by Gasteiger charge is -2.21. The van der Waals surface area contributed by atoms with Crippen molar-refractivity contribution >= 4 is 23.0 Å². The molecule has 8 heteroatoms. The molecule has 3 rings (SSSR count). The third kappa shape index (κ3) is 3.46. The van der Waals surface area contributed by atoms with Crippen LogP contribution in [0.15, 0.2) is 41.5 Å². The number of hydrazone groups is 1. The first-order valence-corrected chi connectivity index (χ1v) is 8.41. The van der Waals surface area contributed by atoms with E-state index in [1.54, 1.807) is 18.2 Å². The molecule has 2 N–H and O–H groups in total. The minimum absolute atomic E-state index is 0.0140. The summed E-state index contributed by atoms with van der Waals surface area (Å²) < 4.78 is 5.34. The van der Waals surface area contributed by atoms with Gasteiger partial charge in [0.15, 0.2) is 0 Å². The molecule has 0 saturated carbocycles. The first kappa shape index (κ1) is 18.4. The quantitative estimate of drug-likeness (QED) is 0.509. The van der Waals surface area contributed by atoms with Gasteiger partial charge >= 0.3 is 0 Å². The minimum Gasteiger partial charge on any atom is -0.495 e. The summed E-state index contributed by atoms with van der Waals surface area (Å²) in [5.74, 6) is 0.321. The topological polar surface area (TPSA) is 111 Å². The Morgan fingerprint density at radius 2 is 2.00 bits per heavy atom. The van der Waals surface area contributed by atoms with E-state index in [1.807, 2.05) is 13.0 Å². The van der Waals surface area contributed by atoms with Gasteiger partial charge in [-0.1, -0.05) is 0 Å². The molecular weight excluding hydrogens is 348 g/mol. The molecule has 2 aromatic rings. The highest BCUT2D eigenvalue weighted by molar-refractivity contribution is 6.14. The molecule has 1 aliphatic heterocycles. The Morgan fingerprint density at radius 3 is 2.56 bits per heavy atom. The summed E-state index contributed by atoms with van der Waals surface area (Å²) in [7, 11) is 1.53. The van der Waals surface area contributed by atoms with Crippen molar-refractivity contribution in [3.63, 3.8) is 0 Å². The number of nitro groups is 1. The van der Waals surface area contributed by atoms with Crippen LogP contribution >= 0.6 is 0 Å². The molecule has 0 aliphatic carbocycles. The van der Waals surface area contributed by atoms with E-state index in [9.17, 15) is 14.9 Å². The fraction of sp³-hybridized carbons (Fsp3) is 0.263. The van der Waals surface area contributed by atoms with E-state index in [2.05, 4.69) is 5.10 Å². The molecule has 1 unspecified atom stereocenters. The van der Waals surface area contributed by atoms with Gasteiger partial charge in [0.05, 0.1) is 29.5 Å². The third-order valence-electron chi connectivity index (χ3n) is 4.53. The number of amides is 1. The third-order valence-corrected chi connectivity index (χ3v) is 4.53. The summed E-state index contributed by atoms with van der Waals surface area (Å²) in [5, 5.41) is 17.0. The van der Waals surface area contributed by atoms with Gasteiger partial charge in [-0.05, 0) is 43.2 Å². The minimum atomic E-state index is -0.458. The number of benzene rings is 2. The van der Waals surface area contributed by atoms with Gasteiger partial charge in [-0.3, -0.25) is 14.9 Å². The van der Waals surface area contributed by atoms with E-state index >= 15 is 0 Å². The summed E-state index contributed by atoms with van der Waals surface area (Å²) in [4.78, 5) is 22.6. The highest BCUT2D eigenvalue weighted by atomic mass is 16.6. The normalized spacial score (nSPS) is 16.2. The molecule has 1 atom stereocenters. The van der Waals surface area contributed by atoms with Gasteiger partial charge in [0.2, 0.25) is 5.91 Å². The lowest BCUT2D eigenvalue weighted by molar-refractivity contribution is -0.384.